The van der Waals surface area contributed by atoms with Gasteiger partial charge in [-0.25, -0.2) is 4.98 Å². The van der Waals surface area contributed by atoms with Crippen LogP contribution in [0.25, 0.3) is 16.4 Å². The largest absolute Gasteiger partial charge is 0.301 e. The zero-order valence-corrected chi connectivity index (χ0v) is 17.5. The highest BCUT2D eigenvalue weighted by atomic mass is 35.5. The first kappa shape index (κ1) is 19.5. The van der Waals surface area contributed by atoms with E-state index in [2.05, 4.69) is 64.9 Å². The SMILES string of the molecule is O=c1cc(CNC(c2ccccc2)c2cccc3ccccc23)nc2ccc(Cl)cn12. The van der Waals surface area contributed by atoms with Crippen molar-refractivity contribution in [2.24, 2.45) is 0 Å². The van der Waals surface area contributed by atoms with Crippen LogP contribution >= 0.6 is 11.6 Å². The predicted molar refractivity (Wildman–Crippen MR) is 126 cm³/mol. The lowest BCUT2D eigenvalue weighted by atomic mass is 9.93. The minimum absolute atomic E-state index is 0.0437. The van der Waals surface area contributed by atoms with Gasteiger partial charge in [-0.2, -0.15) is 0 Å². The van der Waals surface area contributed by atoms with Gasteiger partial charge in [0.25, 0.3) is 5.56 Å². The van der Waals surface area contributed by atoms with Crippen molar-refractivity contribution in [2.45, 2.75) is 12.6 Å². The summed E-state index contributed by atoms with van der Waals surface area (Å²) in [5, 5.41) is 6.53. The lowest BCUT2D eigenvalue weighted by molar-refractivity contribution is 0.599. The number of pyridine rings is 1. The molecule has 3 aromatic carbocycles. The molecule has 0 saturated carbocycles. The zero-order valence-electron chi connectivity index (χ0n) is 16.7. The molecule has 5 aromatic rings. The number of nitrogens with zero attached hydrogens (tertiary/aromatic N) is 2. The van der Waals surface area contributed by atoms with Crippen LogP contribution in [0.3, 0.4) is 0 Å². The summed E-state index contributed by atoms with van der Waals surface area (Å²) in [4.78, 5) is 17.2. The first-order chi connectivity index (χ1) is 15.2. The maximum atomic E-state index is 12.5. The van der Waals surface area contributed by atoms with Gasteiger partial charge < -0.3 is 5.32 Å². The van der Waals surface area contributed by atoms with Gasteiger partial charge in [0, 0.05) is 18.8 Å². The molecular formula is C26H20ClN3O. The Morgan fingerprint density at radius 3 is 2.55 bits per heavy atom. The van der Waals surface area contributed by atoms with Crippen molar-refractivity contribution >= 4 is 28.0 Å². The Balaban J connectivity index is 1.54. The van der Waals surface area contributed by atoms with Crippen LogP contribution in [0.1, 0.15) is 22.9 Å². The summed E-state index contributed by atoms with van der Waals surface area (Å²) in [5.41, 5.74) is 3.46. The third-order valence-corrected chi connectivity index (χ3v) is 5.65. The van der Waals surface area contributed by atoms with E-state index in [1.165, 1.54) is 20.7 Å². The molecule has 1 atom stereocenters. The van der Waals surface area contributed by atoms with Gasteiger partial charge in [0.05, 0.1) is 16.8 Å². The number of nitrogens with one attached hydrogen (secondary N) is 1. The zero-order chi connectivity index (χ0) is 21.2. The second-order valence-corrected chi connectivity index (χ2v) is 7.89. The summed E-state index contributed by atoms with van der Waals surface area (Å²) >= 11 is 6.02. The summed E-state index contributed by atoms with van der Waals surface area (Å²) in [5.74, 6) is 0. The number of aromatic nitrogens is 2. The van der Waals surface area contributed by atoms with Crippen molar-refractivity contribution in [1.82, 2.24) is 14.7 Å². The maximum Gasteiger partial charge on any atom is 0.258 e. The first-order valence-electron chi connectivity index (χ1n) is 10.1. The molecule has 0 bridgehead atoms. The molecule has 31 heavy (non-hydrogen) atoms. The van der Waals surface area contributed by atoms with Crippen LogP contribution in [0.5, 0.6) is 0 Å². The number of hydrogen-bond acceptors (Lipinski definition) is 3. The number of fused-ring (bicyclic) bond motifs is 2. The molecule has 4 nitrogen and oxygen atoms in total. The summed E-state index contributed by atoms with van der Waals surface area (Å²) in [6, 6.07) is 30.1. The fourth-order valence-electron chi connectivity index (χ4n) is 3.98. The molecule has 0 aliphatic carbocycles. The van der Waals surface area contributed by atoms with Crippen LogP contribution in [-0.4, -0.2) is 9.38 Å². The second kappa shape index (κ2) is 8.34. The Morgan fingerprint density at radius 2 is 1.68 bits per heavy atom. The number of halogens is 1. The van der Waals surface area contributed by atoms with Gasteiger partial charge in [0.15, 0.2) is 0 Å². The quantitative estimate of drug-likeness (QED) is 0.411. The van der Waals surface area contributed by atoms with Crippen molar-refractivity contribution in [3.05, 3.63) is 129 Å². The second-order valence-electron chi connectivity index (χ2n) is 7.45. The van der Waals surface area contributed by atoms with Gasteiger partial charge >= 0.3 is 0 Å². The van der Waals surface area contributed by atoms with Crippen LogP contribution in [0.4, 0.5) is 0 Å². The third kappa shape index (κ3) is 3.96. The van der Waals surface area contributed by atoms with E-state index < -0.39 is 0 Å². The fourth-order valence-corrected chi connectivity index (χ4v) is 4.14. The highest BCUT2D eigenvalue weighted by Crippen LogP contribution is 2.29. The van der Waals surface area contributed by atoms with E-state index in [9.17, 15) is 4.79 Å². The summed E-state index contributed by atoms with van der Waals surface area (Å²) in [7, 11) is 0. The van der Waals surface area contributed by atoms with Crippen molar-refractivity contribution in [3.63, 3.8) is 0 Å². The molecule has 0 aliphatic heterocycles. The molecule has 0 fully saturated rings. The van der Waals surface area contributed by atoms with Crippen molar-refractivity contribution in [1.29, 1.82) is 0 Å². The Hall–Kier alpha value is -3.47. The van der Waals surface area contributed by atoms with Crippen molar-refractivity contribution < 1.29 is 0 Å². The number of hydrogen-bond donors (Lipinski definition) is 1. The van der Waals surface area contributed by atoms with E-state index in [-0.39, 0.29) is 11.6 Å². The molecule has 2 heterocycles. The standard InChI is InChI=1S/C26H20ClN3O/c27-20-13-14-24-29-21(15-25(31)30(24)17-20)16-28-26(19-8-2-1-3-9-19)23-12-6-10-18-7-4-5-11-22(18)23/h1-15,17,26,28H,16H2. The smallest absolute Gasteiger partial charge is 0.258 e. The van der Waals surface area contributed by atoms with E-state index in [1.807, 2.05) is 18.2 Å². The molecule has 152 valence electrons. The summed E-state index contributed by atoms with van der Waals surface area (Å²) in [6.07, 6.45) is 1.59. The average Bonchev–Trinajstić information content (AvgIpc) is 2.80. The van der Waals surface area contributed by atoms with Crippen LogP contribution in [0.2, 0.25) is 5.02 Å². The molecular weight excluding hydrogens is 406 g/mol. The van der Waals surface area contributed by atoms with E-state index in [4.69, 9.17) is 11.6 Å². The fraction of sp³-hybridized carbons (Fsp3) is 0.0769. The van der Waals surface area contributed by atoms with Gasteiger partial charge in [-0.1, -0.05) is 84.4 Å². The minimum atomic E-state index is -0.147. The highest BCUT2D eigenvalue weighted by Gasteiger charge is 2.16. The van der Waals surface area contributed by atoms with Crippen LogP contribution in [0, 0.1) is 0 Å². The van der Waals surface area contributed by atoms with E-state index in [0.29, 0.717) is 22.9 Å². The Bertz CT molecular complexity index is 1420. The van der Waals surface area contributed by atoms with E-state index in [0.717, 1.165) is 5.56 Å². The lowest BCUT2D eigenvalue weighted by Crippen LogP contribution is -2.24. The third-order valence-electron chi connectivity index (χ3n) is 5.43. The topological polar surface area (TPSA) is 46.4 Å². The first-order valence-corrected chi connectivity index (χ1v) is 10.5. The maximum absolute atomic E-state index is 12.5. The van der Waals surface area contributed by atoms with Gasteiger partial charge in [-0.15, -0.1) is 0 Å². The number of benzene rings is 3. The van der Waals surface area contributed by atoms with Gasteiger partial charge in [0.1, 0.15) is 5.65 Å². The van der Waals surface area contributed by atoms with Crippen LogP contribution < -0.4 is 10.9 Å². The molecule has 5 rings (SSSR count). The van der Waals surface area contributed by atoms with E-state index >= 15 is 0 Å². The highest BCUT2D eigenvalue weighted by molar-refractivity contribution is 6.30. The van der Waals surface area contributed by atoms with Gasteiger partial charge in [0.2, 0.25) is 0 Å². The molecule has 0 spiro atoms. The molecule has 0 saturated heterocycles. The van der Waals surface area contributed by atoms with Crippen LogP contribution in [0.15, 0.2) is 102 Å². The monoisotopic (exact) mass is 425 g/mol. The van der Waals surface area contributed by atoms with Gasteiger partial charge in [-0.05, 0) is 34.0 Å². The molecule has 5 heteroatoms. The Morgan fingerprint density at radius 1 is 0.903 bits per heavy atom. The normalized spacial score (nSPS) is 12.3. The molecule has 1 N–H and O–H groups in total. The lowest BCUT2D eigenvalue weighted by Gasteiger charge is -2.21. The molecule has 0 amide bonds. The molecule has 0 aliphatic rings. The van der Waals surface area contributed by atoms with Crippen LogP contribution in [-0.2, 0) is 6.54 Å². The van der Waals surface area contributed by atoms with Crippen molar-refractivity contribution in [3.8, 4) is 0 Å². The summed E-state index contributed by atoms with van der Waals surface area (Å²) < 4.78 is 1.46. The minimum Gasteiger partial charge on any atom is -0.301 e. The Labute approximate surface area is 184 Å². The summed E-state index contributed by atoms with van der Waals surface area (Å²) in [6.45, 7) is 0.456. The average molecular weight is 426 g/mol. The van der Waals surface area contributed by atoms with Crippen molar-refractivity contribution in [2.75, 3.05) is 0 Å². The molecule has 1 unspecified atom stereocenters. The van der Waals surface area contributed by atoms with E-state index in [1.54, 1.807) is 24.4 Å². The molecule has 0 radical (unpaired) electrons. The van der Waals surface area contributed by atoms with Gasteiger partial charge in [-0.3, -0.25) is 9.20 Å². The number of rotatable bonds is 5. The Kier molecular flexibility index (Phi) is 5.24. The predicted octanol–water partition coefficient (Wildman–Crippen LogP) is 5.38. The molecule has 2 aromatic heterocycles.